The van der Waals surface area contributed by atoms with Crippen molar-refractivity contribution in [3.63, 3.8) is 0 Å². The van der Waals surface area contributed by atoms with Crippen molar-refractivity contribution in [3.8, 4) is 11.1 Å². The normalized spacial score (nSPS) is 17.4. The van der Waals surface area contributed by atoms with Crippen molar-refractivity contribution in [2.24, 2.45) is 0 Å². The average Bonchev–Trinajstić information content (AvgIpc) is 3.39. The maximum absolute atomic E-state index is 12.7. The Kier molecular flexibility index (Phi) is 6.77. The van der Waals surface area contributed by atoms with Crippen LogP contribution in [0.5, 0.6) is 0 Å². The van der Waals surface area contributed by atoms with E-state index in [2.05, 4.69) is 29.6 Å². The molecule has 1 saturated heterocycles. The van der Waals surface area contributed by atoms with Gasteiger partial charge in [-0.15, -0.1) is 0 Å². The van der Waals surface area contributed by atoms with E-state index in [-0.39, 0.29) is 37.4 Å². The topological polar surface area (TPSA) is 95.9 Å². The molecule has 0 saturated carbocycles. The number of nitrogens with zero attached hydrogens (tertiary/aromatic N) is 1. The first kappa shape index (κ1) is 22.6. The smallest absolute Gasteiger partial charge is 0.407 e. The van der Waals surface area contributed by atoms with Crippen LogP contribution in [-0.4, -0.2) is 53.7 Å². The summed E-state index contributed by atoms with van der Waals surface area (Å²) < 4.78 is 5.50. The molecule has 0 spiro atoms. The Morgan fingerprint density at radius 1 is 1.09 bits per heavy atom. The summed E-state index contributed by atoms with van der Waals surface area (Å²) in [6.07, 6.45) is 2.55. The SMILES string of the molecule is C/C(=C\CNC(=O)OCC1c2ccccc2-c2ccccc21)C(=O)N1CCC[C@H]1CC(=O)O. The second-order valence-corrected chi connectivity index (χ2v) is 8.49. The number of fused-ring (bicyclic) bond motifs is 3. The van der Waals surface area contributed by atoms with Crippen molar-refractivity contribution in [1.82, 2.24) is 10.2 Å². The highest BCUT2D eigenvalue weighted by Gasteiger charge is 2.31. The molecule has 1 fully saturated rings. The van der Waals surface area contributed by atoms with Crippen molar-refractivity contribution in [3.05, 3.63) is 71.3 Å². The van der Waals surface area contributed by atoms with Crippen LogP contribution < -0.4 is 5.32 Å². The van der Waals surface area contributed by atoms with E-state index in [1.807, 2.05) is 24.3 Å². The number of carbonyl (C=O) groups excluding carboxylic acids is 2. The highest BCUT2D eigenvalue weighted by atomic mass is 16.5. The van der Waals surface area contributed by atoms with Crippen LogP contribution >= 0.6 is 0 Å². The maximum Gasteiger partial charge on any atom is 0.407 e. The molecule has 2 aliphatic rings. The number of benzene rings is 2. The number of alkyl carbamates (subject to hydrolysis) is 1. The summed E-state index contributed by atoms with van der Waals surface area (Å²) in [4.78, 5) is 37.6. The van der Waals surface area contributed by atoms with Gasteiger partial charge in [0.05, 0.1) is 6.42 Å². The van der Waals surface area contributed by atoms with Gasteiger partial charge in [0, 0.05) is 30.6 Å². The molecule has 0 bridgehead atoms. The third kappa shape index (κ3) is 4.92. The van der Waals surface area contributed by atoms with E-state index in [1.165, 1.54) is 11.1 Å². The summed E-state index contributed by atoms with van der Waals surface area (Å²) in [6.45, 7) is 2.62. The zero-order valence-corrected chi connectivity index (χ0v) is 18.6. The molecule has 2 amide bonds. The number of carboxylic acid groups (broad SMARTS) is 1. The third-order valence-electron chi connectivity index (χ3n) is 6.38. The number of carboxylic acids is 1. The first-order valence-electron chi connectivity index (χ1n) is 11.2. The molecule has 2 aromatic carbocycles. The molecular formula is C26H28N2O5. The zero-order valence-electron chi connectivity index (χ0n) is 18.6. The first-order valence-corrected chi connectivity index (χ1v) is 11.2. The largest absolute Gasteiger partial charge is 0.481 e. The van der Waals surface area contributed by atoms with Crippen molar-refractivity contribution in [2.45, 2.75) is 38.1 Å². The van der Waals surface area contributed by atoms with Crippen molar-refractivity contribution in [1.29, 1.82) is 0 Å². The van der Waals surface area contributed by atoms with E-state index in [9.17, 15) is 14.4 Å². The lowest BCUT2D eigenvalue weighted by molar-refractivity contribution is -0.139. The van der Waals surface area contributed by atoms with Crippen LogP contribution in [0.1, 0.15) is 43.2 Å². The first-order chi connectivity index (χ1) is 16.0. The van der Waals surface area contributed by atoms with Gasteiger partial charge in [-0.05, 0) is 42.0 Å². The van der Waals surface area contributed by atoms with Crippen LogP contribution in [-0.2, 0) is 14.3 Å². The van der Waals surface area contributed by atoms with Crippen LogP contribution in [0, 0.1) is 0 Å². The number of carbonyl (C=O) groups is 3. The van der Waals surface area contributed by atoms with Gasteiger partial charge in [-0.2, -0.15) is 0 Å². The highest BCUT2D eigenvalue weighted by Crippen LogP contribution is 2.44. The molecule has 1 heterocycles. The summed E-state index contributed by atoms with van der Waals surface area (Å²) in [5.74, 6) is -1.10. The van der Waals surface area contributed by atoms with E-state index in [0.29, 0.717) is 18.5 Å². The standard InChI is InChI=1S/C26H28N2O5/c1-17(25(31)28-14-6-7-18(28)15-24(29)30)12-13-27-26(32)33-16-23-21-10-4-2-8-19(21)20-9-3-5-11-22(20)23/h2-5,8-12,18,23H,6-7,13-16H2,1H3,(H,27,32)(H,29,30)/b17-12+/t18-/m0/s1. The Labute approximate surface area is 193 Å². The quantitative estimate of drug-likeness (QED) is 0.626. The Balaban J connectivity index is 1.30. The third-order valence-corrected chi connectivity index (χ3v) is 6.38. The summed E-state index contributed by atoms with van der Waals surface area (Å²) in [7, 11) is 0. The number of likely N-dealkylation sites (tertiary alicyclic amines) is 1. The second-order valence-electron chi connectivity index (χ2n) is 8.49. The molecule has 2 aromatic rings. The molecule has 33 heavy (non-hydrogen) atoms. The van der Waals surface area contributed by atoms with E-state index >= 15 is 0 Å². The number of rotatable bonds is 7. The van der Waals surface area contributed by atoms with E-state index in [1.54, 1.807) is 17.9 Å². The minimum atomic E-state index is -0.904. The number of hydrogen-bond acceptors (Lipinski definition) is 4. The van der Waals surface area contributed by atoms with E-state index < -0.39 is 12.1 Å². The molecule has 1 aliphatic carbocycles. The Morgan fingerprint density at radius 2 is 1.73 bits per heavy atom. The van der Waals surface area contributed by atoms with Crippen molar-refractivity contribution in [2.75, 3.05) is 19.7 Å². The lowest BCUT2D eigenvalue weighted by atomic mass is 9.98. The molecule has 7 heteroatoms. The molecular weight excluding hydrogens is 420 g/mol. The fourth-order valence-corrected chi connectivity index (χ4v) is 4.77. The van der Waals surface area contributed by atoms with Crippen LogP contribution in [0.15, 0.2) is 60.2 Å². The molecule has 172 valence electrons. The molecule has 0 unspecified atom stereocenters. The molecule has 4 rings (SSSR count). The summed E-state index contributed by atoms with van der Waals surface area (Å²) >= 11 is 0. The molecule has 0 aromatic heterocycles. The molecule has 1 atom stereocenters. The summed E-state index contributed by atoms with van der Waals surface area (Å²) in [5, 5.41) is 11.7. The van der Waals surface area contributed by atoms with Gasteiger partial charge in [0.2, 0.25) is 5.91 Å². The van der Waals surface area contributed by atoms with Crippen LogP contribution in [0.4, 0.5) is 4.79 Å². The summed E-state index contributed by atoms with van der Waals surface area (Å²) in [6, 6.07) is 16.0. The zero-order chi connectivity index (χ0) is 23.4. The molecule has 7 nitrogen and oxygen atoms in total. The predicted molar refractivity (Wildman–Crippen MR) is 124 cm³/mol. The number of nitrogens with one attached hydrogen (secondary N) is 1. The van der Waals surface area contributed by atoms with Crippen molar-refractivity contribution >= 4 is 18.0 Å². The maximum atomic E-state index is 12.7. The molecule has 2 N–H and O–H groups in total. The monoisotopic (exact) mass is 448 g/mol. The molecule has 0 radical (unpaired) electrons. The van der Waals surface area contributed by atoms with Crippen molar-refractivity contribution < 1.29 is 24.2 Å². The number of ether oxygens (including phenoxy) is 1. The van der Waals surface area contributed by atoms with Gasteiger partial charge in [0.25, 0.3) is 0 Å². The highest BCUT2D eigenvalue weighted by molar-refractivity contribution is 5.93. The van der Waals surface area contributed by atoms with Gasteiger partial charge in [0.15, 0.2) is 0 Å². The number of amides is 2. The number of hydrogen-bond donors (Lipinski definition) is 2. The van der Waals surface area contributed by atoms with Gasteiger partial charge in [-0.3, -0.25) is 9.59 Å². The summed E-state index contributed by atoms with van der Waals surface area (Å²) in [5.41, 5.74) is 5.11. The Bertz CT molecular complexity index is 1050. The second kappa shape index (κ2) is 9.90. The fraction of sp³-hybridized carbons (Fsp3) is 0.346. The average molecular weight is 449 g/mol. The Morgan fingerprint density at radius 3 is 2.36 bits per heavy atom. The van der Waals surface area contributed by atoms with Crippen LogP contribution in [0.3, 0.4) is 0 Å². The minimum Gasteiger partial charge on any atom is -0.481 e. The minimum absolute atomic E-state index is 0.0108. The van der Waals surface area contributed by atoms with E-state index in [4.69, 9.17) is 9.84 Å². The van der Waals surface area contributed by atoms with Gasteiger partial charge < -0.3 is 20.1 Å². The van der Waals surface area contributed by atoms with Gasteiger partial charge in [-0.25, -0.2) is 4.79 Å². The van der Waals surface area contributed by atoms with Gasteiger partial charge in [-0.1, -0.05) is 54.6 Å². The van der Waals surface area contributed by atoms with Gasteiger partial charge in [0.1, 0.15) is 6.61 Å². The Hall–Kier alpha value is -3.61. The number of aliphatic carboxylic acids is 1. The lowest BCUT2D eigenvalue weighted by Crippen LogP contribution is -2.37. The van der Waals surface area contributed by atoms with E-state index in [0.717, 1.165) is 17.5 Å². The van der Waals surface area contributed by atoms with Crippen LogP contribution in [0.2, 0.25) is 0 Å². The molecule has 1 aliphatic heterocycles. The fourth-order valence-electron chi connectivity index (χ4n) is 4.77. The van der Waals surface area contributed by atoms with Gasteiger partial charge >= 0.3 is 12.1 Å². The lowest BCUT2D eigenvalue weighted by Gasteiger charge is -2.23. The van der Waals surface area contributed by atoms with Crippen LogP contribution in [0.25, 0.3) is 11.1 Å². The predicted octanol–water partition coefficient (Wildman–Crippen LogP) is 3.94.